The van der Waals surface area contributed by atoms with Crippen molar-refractivity contribution >= 4 is 5.91 Å². The molecule has 1 saturated heterocycles. The predicted octanol–water partition coefficient (Wildman–Crippen LogP) is 3.64. The molecule has 0 bridgehead atoms. The van der Waals surface area contributed by atoms with Gasteiger partial charge in [-0.2, -0.15) is 9.97 Å². The van der Waals surface area contributed by atoms with Gasteiger partial charge in [-0.1, -0.05) is 47.1 Å². The van der Waals surface area contributed by atoms with Crippen LogP contribution in [-0.2, 0) is 16.6 Å². The fourth-order valence-corrected chi connectivity index (χ4v) is 3.74. The molecule has 0 saturated carbocycles. The Morgan fingerprint density at radius 3 is 2.47 bits per heavy atom. The van der Waals surface area contributed by atoms with Gasteiger partial charge in [0.1, 0.15) is 0 Å². The van der Waals surface area contributed by atoms with Gasteiger partial charge in [0.2, 0.25) is 23.5 Å². The number of benzene rings is 1. The molecule has 2 aromatic heterocycles. The smallest absolute Gasteiger partial charge is 0.226 e. The van der Waals surface area contributed by atoms with Crippen LogP contribution in [0.3, 0.4) is 0 Å². The number of amides is 1. The van der Waals surface area contributed by atoms with Crippen molar-refractivity contribution in [2.45, 2.75) is 58.3 Å². The quantitative estimate of drug-likeness (QED) is 0.613. The van der Waals surface area contributed by atoms with Crippen LogP contribution in [-0.4, -0.2) is 44.2 Å². The first-order valence-electron chi connectivity index (χ1n) is 10.4. The molecular weight excluding hydrogens is 382 g/mol. The molecular formula is C22H27N5O3. The molecule has 0 radical (unpaired) electrons. The lowest BCUT2D eigenvalue weighted by atomic mass is 9.79. The van der Waals surface area contributed by atoms with Crippen LogP contribution in [0, 0.1) is 13.8 Å². The van der Waals surface area contributed by atoms with Crippen molar-refractivity contribution in [3.8, 4) is 11.4 Å². The summed E-state index contributed by atoms with van der Waals surface area (Å²) in [5.74, 6) is 2.64. The molecule has 1 aromatic carbocycles. The number of aromatic nitrogens is 4. The van der Waals surface area contributed by atoms with Gasteiger partial charge < -0.3 is 13.9 Å². The van der Waals surface area contributed by atoms with Gasteiger partial charge in [-0.05, 0) is 26.2 Å². The van der Waals surface area contributed by atoms with E-state index in [2.05, 4.69) is 27.2 Å². The molecule has 1 aliphatic rings. The number of likely N-dealkylation sites (tertiary alicyclic amines) is 1. The van der Waals surface area contributed by atoms with Crippen molar-refractivity contribution in [2.75, 3.05) is 13.1 Å². The lowest BCUT2D eigenvalue weighted by molar-refractivity contribution is -0.132. The molecule has 8 heteroatoms. The Morgan fingerprint density at radius 1 is 1.07 bits per heavy atom. The predicted molar refractivity (Wildman–Crippen MR) is 110 cm³/mol. The van der Waals surface area contributed by atoms with Crippen LogP contribution >= 0.6 is 0 Å². The average Bonchev–Trinajstić information content (AvgIpc) is 3.39. The molecule has 4 rings (SSSR count). The number of aryl methyl sites for hydroxylation is 3. The van der Waals surface area contributed by atoms with Crippen LogP contribution in [0.4, 0.5) is 0 Å². The molecule has 0 atom stereocenters. The van der Waals surface area contributed by atoms with E-state index < -0.39 is 0 Å². The average molecular weight is 409 g/mol. The number of piperidine rings is 1. The maximum absolute atomic E-state index is 12.6. The van der Waals surface area contributed by atoms with Crippen molar-refractivity contribution in [2.24, 2.45) is 0 Å². The molecule has 1 aliphatic heterocycles. The normalized spacial score (nSPS) is 16.0. The molecule has 0 aliphatic carbocycles. The van der Waals surface area contributed by atoms with E-state index >= 15 is 0 Å². The standard InChI is InChI=1S/C22H27N5O3/c1-15-7-9-17(10-8-15)20-24-18(30-25-20)5-4-6-19(28)27-13-11-22(3,12-14-27)21-23-16(2)29-26-21/h7-10H,4-6,11-14H2,1-3H3. The van der Waals surface area contributed by atoms with E-state index in [4.69, 9.17) is 9.05 Å². The van der Waals surface area contributed by atoms with E-state index in [1.165, 1.54) is 5.56 Å². The molecule has 1 fully saturated rings. The minimum absolute atomic E-state index is 0.134. The first kappa shape index (κ1) is 20.3. The zero-order chi connectivity index (χ0) is 21.1. The van der Waals surface area contributed by atoms with Gasteiger partial charge in [0.25, 0.3) is 0 Å². The fourth-order valence-electron chi connectivity index (χ4n) is 3.74. The topological polar surface area (TPSA) is 98.2 Å². The van der Waals surface area contributed by atoms with E-state index in [1.807, 2.05) is 36.1 Å². The summed E-state index contributed by atoms with van der Waals surface area (Å²) >= 11 is 0. The monoisotopic (exact) mass is 409 g/mol. The van der Waals surface area contributed by atoms with E-state index in [-0.39, 0.29) is 11.3 Å². The van der Waals surface area contributed by atoms with Crippen LogP contribution in [0.1, 0.15) is 55.8 Å². The number of rotatable bonds is 6. The second kappa shape index (κ2) is 8.38. The van der Waals surface area contributed by atoms with Crippen LogP contribution in [0.15, 0.2) is 33.3 Å². The Bertz CT molecular complexity index is 1000. The molecule has 0 unspecified atom stereocenters. The minimum Gasteiger partial charge on any atom is -0.343 e. The first-order valence-corrected chi connectivity index (χ1v) is 10.4. The van der Waals surface area contributed by atoms with Gasteiger partial charge in [-0.25, -0.2) is 0 Å². The van der Waals surface area contributed by atoms with E-state index in [0.29, 0.717) is 50.0 Å². The van der Waals surface area contributed by atoms with Crippen molar-refractivity contribution in [3.05, 3.63) is 47.4 Å². The molecule has 0 N–H and O–H groups in total. The highest BCUT2D eigenvalue weighted by Crippen LogP contribution is 2.33. The molecule has 30 heavy (non-hydrogen) atoms. The number of nitrogens with zero attached hydrogens (tertiary/aromatic N) is 5. The van der Waals surface area contributed by atoms with Gasteiger partial charge in [0.15, 0.2) is 5.82 Å². The fraction of sp³-hybridized carbons (Fsp3) is 0.500. The van der Waals surface area contributed by atoms with Crippen LogP contribution in [0.25, 0.3) is 11.4 Å². The van der Waals surface area contributed by atoms with Crippen molar-refractivity contribution in [1.29, 1.82) is 0 Å². The van der Waals surface area contributed by atoms with Crippen molar-refractivity contribution in [3.63, 3.8) is 0 Å². The Morgan fingerprint density at radius 2 is 1.80 bits per heavy atom. The maximum Gasteiger partial charge on any atom is 0.226 e. The second-order valence-corrected chi connectivity index (χ2v) is 8.31. The summed E-state index contributed by atoms with van der Waals surface area (Å²) in [5, 5.41) is 8.13. The summed E-state index contributed by atoms with van der Waals surface area (Å²) in [6.07, 6.45) is 3.42. The minimum atomic E-state index is -0.134. The number of hydrogen-bond acceptors (Lipinski definition) is 7. The lowest BCUT2D eigenvalue weighted by Gasteiger charge is -2.37. The van der Waals surface area contributed by atoms with Gasteiger partial charge >= 0.3 is 0 Å². The second-order valence-electron chi connectivity index (χ2n) is 8.31. The van der Waals surface area contributed by atoms with Gasteiger partial charge in [0.05, 0.1) is 0 Å². The summed E-state index contributed by atoms with van der Waals surface area (Å²) in [7, 11) is 0. The summed E-state index contributed by atoms with van der Waals surface area (Å²) in [4.78, 5) is 23.4. The number of hydrogen-bond donors (Lipinski definition) is 0. The molecule has 3 aromatic rings. The number of carbonyl (C=O) groups excluding carboxylic acids is 1. The number of carbonyl (C=O) groups is 1. The van der Waals surface area contributed by atoms with E-state index in [1.54, 1.807) is 6.92 Å². The Hall–Kier alpha value is -3.03. The maximum atomic E-state index is 12.6. The summed E-state index contributed by atoms with van der Waals surface area (Å²) in [6, 6.07) is 8.00. The molecule has 8 nitrogen and oxygen atoms in total. The first-order chi connectivity index (χ1) is 14.4. The van der Waals surface area contributed by atoms with E-state index in [9.17, 15) is 4.79 Å². The highest BCUT2D eigenvalue weighted by Gasteiger charge is 2.36. The van der Waals surface area contributed by atoms with Gasteiger partial charge in [-0.15, -0.1) is 0 Å². The van der Waals surface area contributed by atoms with Crippen molar-refractivity contribution in [1.82, 2.24) is 25.2 Å². The van der Waals surface area contributed by atoms with Crippen LogP contribution in [0.2, 0.25) is 0 Å². The third kappa shape index (κ3) is 4.42. The molecule has 3 heterocycles. The third-order valence-corrected chi connectivity index (χ3v) is 5.85. The Labute approximate surface area is 175 Å². The third-order valence-electron chi connectivity index (χ3n) is 5.85. The van der Waals surface area contributed by atoms with Crippen molar-refractivity contribution < 1.29 is 13.8 Å². The highest BCUT2D eigenvalue weighted by atomic mass is 16.5. The Balaban J connectivity index is 1.24. The summed E-state index contributed by atoms with van der Waals surface area (Å²) < 4.78 is 10.5. The highest BCUT2D eigenvalue weighted by molar-refractivity contribution is 5.76. The van der Waals surface area contributed by atoms with Gasteiger partial charge in [-0.3, -0.25) is 4.79 Å². The van der Waals surface area contributed by atoms with E-state index in [0.717, 1.165) is 24.2 Å². The zero-order valence-corrected chi connectivity index (χ0v) is 17.7. The largest absolute Gasteiger partial charge is 0.343 e. The molecule has 0 spiro atoms. The van der Waals surface area contributed by atoms with Crippen LogP contribution < -0.4 is 0 Å². The lowest BCUT2D eigenvalue weighted by Crippen LogP contribution is -2.44. The van der Waals surface area contributed by atoms with Crippen LogP contribution in [0.5, 0.6) is 0 Å². The molecule has 158 valence electrons. The SMILES string of the molecule is Cc1ccc(-c2noc(CCCC(=O)N3CCC(C)(c4noc(C)n4)CC3)n2)cc1. The molecule has 1 amide bonds. The summed E-state index contributed by atoms with van der Waals surface area (Å²) in [5.41, 5.74) is 1.98. The Kier molecular flexibility index (Phi) is 5.65. The summed E-state index contributed by atoms with van der Waals surface area (Å²) in [6.45, 7) is 7.39. The zero-order valence-electron chi connectivity index (χ0n) is 17.7. The van der Waals surface area contributed by atoms with Gasteiger partial charge in [0, 0.05) is 43.8 Å².